The summed E-state index contributed by atoms with van der Waals surface area (Å²) in [4.78, 5) is 119. The summed E-state index contributed by atoms with van der Waals surface area (Å²) in [5, 5.41) is 39.6. The average Bonchev–Trinajstić information content (AvgIpc) is 3.77. The van der Waals surface area contributed by atoms with Crippen molar-refractivity contribution in [3.05, 3.63) is 47.5 Å². The van der Waals surface area contributed by atoms with Gasteiger partial charge in [-0.15, -0.1) is 0 Å². The molecule has 8 amide bonds. The molecule has 0 aliphatic heterocycles. The zero-order valence-corrected chi connectivity index (χ0v) is 45.8. The molecule has 76 heavy (non-hydrogen) atoms. The molecular weight excluding hydrogens is 1000 g/mol. The molecule has 2 aromatic carbocycles. The van der Waals surface area contributed by atoms with Crippen molar-refractivity contribution in [3.8, 4) is 0 Å². The zero-order valence-electron chi connectivity index (χ0n) is 45.0. The Hall–Kier alpha value is -6.30. The lowest BCUT2D eigenvalue weighted by Gasteiger charge is -2.28. The largest absolute Gasteiger partial charge is 0.480 e. The predicted octanol–water partition coefficient (Wildman–Crippen LogP) is 1.39. The standard InChI is InChI=1S/C53H82N10O12S/c1-8-31(6)44(53(73)74)62-42(66)21-18-32-13-11-15-34-35-16-12-14-33(46(35)75-45(32)34)22-25-57-48(68)40(27-29(2)3)61-49(69)37(17-9-10-24-54)58-51(71)39(23-26-76-7)59-50(70)38(19-20-41(56)65)60-52(72)43(30(4)5)63-47(67)36(55)28-64/h11-16,29-31,36-40,43-44,64H,8-10,17-28,54-55H2,1-7H3,(H2,56,65)(H,57,68)(H,58,71)(H,59,70)(H,60,72)(H,61,69)(H,62,66)(H,63,67)(H,73,74)/t31-,36-,37-,38-,39-,40-,43-,44-/m0/s1. The van der Waals surface area contributed by atoms with E-state index in [4.69, 9.17) is 21.6 Å². The lowest BCUT2D eigenvalue weighted by atomic mass is 9.99. The minimum atomic E-state index is -1.39. The number of carboxylic acid groups (broad SMARTS) is 1. The zero-order chi connectivity index (χ0) is 56.6. The fourth-order valence-electron chi connectivity index (χ4n) is 8.43. The molecule has 0 unspecified atom stereocenters. The fourth-order valence-corrected chi connectivity index (χ4v) is 8.90. The molecule has 1 aromatic heterocycles. The number of aliphatic hydroxyl groups is 1. The number of nitrogens with two attached hydrogens (primary N) is 3. The fraction of sp³-hybridized carbons (Fsp3) is 0.604. The van der Waals surface area contributed by atoms with Crippen LogP contribution in [-0.4, -0.2) is 137 Å². The van der Waals surface area contributed by atoms with Gasteiger partial charge in [0.05, 0.1) is 6.61 Å². The van der Waals surface area contributed by atoms with E-state index in [1.54, 1.807) is 27.0 Å². The number of thioether (sulfide) groups is 1. The van der Waals surface area contributed by atoms with Gasteiger partial charge in [0.1, 0.15) is 53.5 Å². The van der Waals surface area contributed by atoms with Crippen molar-refractivity contribution in [2.45, 2.75) is 154 Å². The highest BCUT2D eigenvalue weighted by molar-refractivity contribution is 7.98. The van der Waals surface area contributed by atoms with Crippen LogP contribution in [0.3, 0.4) is 0 Å². The smallest absolute Gasteiger partial charge is 0.326 e. The van der Waals surface area contributed by atoms with E-state index in [2.05, 4.69) is 37.2 Å². The van der Waals surface area contributed by atoms with Crippen molar-refractivity contribution >= 4 is 86.9 Å². The van der Waals surface area contributed by atoms with E-state index in [0.29, 0.717) is 55.6 Å². The molecule has 15 N–H and O–H groups in total. The van der Waals surface area contributed by atoms with E-state index in [1.807, 2.05) is 57.2 Å². The van der Waals surface area contributed by atoms with E-state index in [1.165, 1.54) is 11.8 Å². The first-order valence-electron chi connectivity index (χ1n) is 26.1. The maximum Gasteiger partial charge on any atom is 0.326 e. The van der Waals surface area contributed by atoms with Crippen LogP contribution in [0.25, 0.3) is 21.9 Å². The van der Waals surface area contributed by atoms with Gasteiger partial charge >= 0.3 is 5.97 Å². The summed E-state index contributed by atoms with van der Waals surface area (Å²) >= 11 is 1.40. The number of unbranched alkanes of at least 4 members (excludes halogenated alkanes) is 1. The molecule has 1 heterocycles. The number of hydrogen-bond acceptors (Lipinski definition) is 14. The maximum atomic E-state index is 14.2. The molecule has 23 heteroatoms. The number of amides is 8. The van der Waals surface area contributed by atoms with Crippen molar-refractivity contribution in [2.75, 3.05) is 31.7 Å². The van der Waals surface area contributed by atoms with Crippen LogP contribution < -0.4 is 54.4 Å². The van der Waals surface area contributed by atoms with Crippen molar-refractivity contribution < 1.29 is 57.8 Å². The van der Waals surface area contributed by atoms with Gasteiger partial charge in [-0.05, 0) is 98.8 Å². The van der Waals surface area contributed by atoms with Gasteiger partial charge in [-0.2, -0.15) is 11.8 Å². The molecule has 22 nitrogen and oxygen atoms in total. The van der Waals surface area contributed by atoms with Gasteiger partial charge in [-0.25, -0.2) is 4.79 Å². The number of furan rings is 1. The summed E-state index contributed by atoms with van der Waals surface area (Å²) in [7, 11) is 0. The molecular formula is C53H82N10O12S. The first-order chi connectivity index (χ1) is 36.1. The number of carboxylic acids is 1. The van der Waals surface area contributed by atoms with E-state index < -0.39 is 102 Å². The normalized spacial score (nSPS) is 14.6. The maximum absolute atomic E-state index is 14.2. The van der Waals surface area contributed by atoms with Crippen LogP contribution in [0.5, 0.6) is 0 Å². The molecule has 0 saturated carbocycles. The lowest BCUT2D eigenvalue weighted by Crippen LogP contribution is -2.60. The molecule has 0 radical (unpaired) electrons. The molecule has 3 rings (SSSR count). The topological polar surface area (TPSA) is 369 Å². The Balaban J connectivity index is 1.79. The number of carbonyl (C=O) groups is 9. The van der Waals surface area contributed by atoms with Gasteiger partial charge in [0.15, 0.2) is 0 Å². The number of primary amides is 1. The highest BCUT2D eigenvalue weighted by Gasteiger charge is 2.34. The van der Waals surface area contributed by atoms with E-state index in [0.717, 1.165) is 21.9 Å². The second-order valence-electron chi connectivity index (χ2n) is 20.0. The monoisotopic (exact) mass is 1080 g/mol. The number of aryl methyl sites for hydroxylation is 1. The van der Waals surface area contributed by atoms with E-state index in [-0.39, 0.29) is 62.8 Å². The van der Waals surface area contributed by atoms with Crippen LogP contribution >= 0.6 is 11.8 Å². The summed E-state index contributed by atoms with van der Waals surface area (Å²) in [5.41, 5.74) is 19.6. The molecule has 3 aromatic rings. The summed E-state index contributed by atoms with van der Waals surface area (Å²) in [5.74, 6) is -6.81. The number of fused-ring (bicyclic) bond motifs is 3. The molecule has 422 valence electrons. The van der Waals surface area contributed by atoms with Crippen LogP contribution in [0.15, 0.2) is 40.8 Å². The van der Waals surface area contributed by atoms with Crippen LogP contribution in [0.1, 0.15) is 110 Å². The van der Waals surface area contributed by atoms with Crippen LogP contribution in [0, 0.1) is 17.8 Å². The molecule has 0 aliphatic carbocycles. The molecule has 8 atom stereocenters. The van der Waals surface area contributed by atoms with Crippen molar-refractivity contribution in [3.63, 3.8) is 0 Å². The number of aliphatic hydroxyl groups excluding tert-OH is 1. The number of hydrogen-bond donors (Lipinski definition) is 12. The van der Waals surface area contributed by atoms with Gasteiger partial charge in [-0.3, -0.25) is 38.4 Å². The number of rotatable bonds is 35. The average molecular weight is 1080 g/mol. The van der Waals surface area contributed by atoms with E-state index in [9.17, 15) is 53.4 Å². The number of aliphatic carboxylic acids is 1. The molecule has 0 bridgehead atoms. The Labute approximate surface area is 449 Å². The highest BCUT2D eigenvalue weighted by Crippen LogP contribution is 2.33. The Kier molecular flexibility index (Phi) is 27.2. The van der Waals surface area contributed by atoms with Crippen LogP contribution in [0.2, 0.25) is 0 Å². The molecule has 0 spiro atoms. The van der Waals surface area contributed by atoms with Gasteiger partial charge in [0.25, 0.3) is 0 Å². The number of carbonyl (C=O) groups excluding carboxylic acids is 8. The third-order valence-electron chi connectivity index (χ3n) is 13.1. The number of para-hydroxylation sites is 2. The minimum absolute atomic E-state index is 0.0382. The summed E-state index contributed by atoms with van der Waals surface area (Å²) in [6, 6.07) is 3.11. The van der Waals surface area contributed by atoms with E-state index >= 15 is 0 Å². The number of benzene rings is 2. The Morgan fingerprint density at radius 2 is 1.21 bits per heavy atom. The molecule has 0 saturated heterocycles. The van der Waals surface area contributed by atoms with Crippen LogP contribution in [0.4, 0.5) is 0 Å². The van der Waals surface area contributed by atoms with Crippen molar-refractivity contribution in [1.29, 1.82) is 0 Å². The molecule has 0 fully saturated rings. The van der Waals surface area contributed by atoms with Gasteiger partial charge in [-0.1, -0.05) is 84.4 Å². The second kappa shape index (κ2) is 32.3. The summed E-state index contributed by atoms with van der Waals surface area (Å²) in [6.45, 7) is 10.5. The van der Waals surface area contributed by atoms with Gasteiger partial charge in [0, 0.05) is 30.2 Å². The van der Waals surface area contributed by atoms with Crippen molar-refractivity contribution in [1.82, 2.24) is 37.2 Å². The quantitative estimate of drug-likeness (QED) is 0.0370. The Morgan fingerprint density at radius 3 is 1.72 bits per heavy atom. The summed E-state index contributed by atoms with van der Waals surface area (Å²) < 4.78 is 6.46. The first kappa shape index (κ1) is 64.0. The third-order valence-corrected chi connectivity index (χ3v) is 13.7. The number of nitrogens with one attached hydrogen (secondary N) is 7. The van der Waals surface area contributed by atoms with Crippen LogP contribution in [-0.2, 0) is 56.0 Å². The highest BCUT2D eigenvalue weighted by atomic mass is 32.2. The Bertz CT molecular complexity index is 2450. The SMILES string of the molecule is CC[C@H](C)[C@H](NC(=O)CCc1cccc2c1oc1c(CCNC(=O)[C@H](CC(C)C)NC(=O)[C@H](CCCCN)NC(=O)[C@H](CCSC)NC(=O)[C@H](CCC(N)=O)NC(=O)[C@@H](NC(=O)[C@@H](N)CO)C(C)C)cccc12)C(=O)O. The summed E-state index contributed by atoms with van der Waals surface area (Å²) in [6.07, 6.45) is 4.02. The third kappa shape index (κ3) is 20.0. The van der Waals surface area contributed by atoms with Gasteiger partial charge < -0.3 is 69.0 Å². The minimum Gasteiger partial charge on any atom is -0.480 e. The predicted molar refractivity (Wildman–Crippen MR) is 291 cm³/mol. The second-order valence-corrected chi connectivity index (χ2v) is 20.9. The van der Waals surface area contributed by atoms with Gasteiger partial charge in [0.2, 0.25) is 47.3 Å². The molecule has 0 aliphatic rings. The lowest BCUT2D eigenvalue weighted by molar-refractivity contribution is -0.143. The Morgan fingerprint density at radius 1 is 0.658 bits per heavy atom. The van der Waals surface area contributed by atoms with Crippen molar-refractivity contribution in [2.24, 2.45) is 35.0 Å². The first-order valence-corrected chi connectivity index (χ1v) is 27.5.